The lowest BCUT2D eigenvalue weighted by atomic mass is 10.0. The maximum atomic E-state index is 10.9. The first-order valence-electron chi connectivity index (χ1n) is 5.78. The molecule has 0 aromatic carbocycles. The fraction of sp³-hybridized carbons (Fsp3) is 0.800. The quantitative estimate of drug-likeness (QED) is 0.290. The van der Waals surface area contributed by atoms with E-state index in [1.807, 2.05) is 6.92 Å². The minimum absolute atomic E-state index is 0.0990. The molecule has 0 spiro atoms. The third-order valence-electron chi connectivity index (χ3n) is 2.68. The summed E-state index contributed by atoms with van der Waals surface area (Å²) in [6.45, 7) is 1.97. The molecule has 8 nitrogen and oxygen atoms in total. The number of nitrogens with zero attached hydrogens (tertiary/aromatic N) is 3. The molecule has 102 valence electrons. The number of rotatable bonds is 6. The van der Waals surface area contributed by atoms with Crippen LogP contribution in [-0.4, -0.2) is 29.2 Å². The molecule has 0 aromatic rings. The molecule has 0 saturated carbocycles. The Morgan fingerprint density at radius 2 is 1.94 bits per heavy atom. The second-order valence-electron chi connectivity index (χ2n) is 4.10. The minimum Gasteiger partial charge on any atom is -0.481 e. The van der Waals surface area contributed by atoms with Gasteiger partial charge in [-0.1, -0.05) is 12.8 Å². The number of aliphatic carboxylic acids is 1. The Balaban J connectivity index is 0.000000873. The van der Waals surface area contributed by atoms with Gasteiger partial charge in [-0.3, -0.25) is 9.71 Å². The van der Waals surface area contributed by atoms with Crippen LogP contribution in [0, 0.1) is 0 Å². The molecule has 0 radical (unpaired) electrons. The van der Waals surface area contributed by atoms with Crippen molar-refractivity contribution in [1.29, 1.82) is 0 Å². The van der Waals surface area contributed by atoms with Gasteiger partial charge in [0.1, 0.15) is 0 Å². The van der Waals surface area contributed by atoms with Gasteiger partial charge in [0, 0.05) is 12.5 Å². The summed E-state index contributed by atoms with van der Waals surface area (Å²) in [5.41, 5.74) is 13.5. The Bertz CT molecular complexity index is 315. The van der Waals surface area contributed by atoms with Crippen LogP contribution in [0.25, 0.3) is 16.0 Å². The number of nitrogens with one attached hydrogen (secondary N) is 2. The average molecular weight is 256 g/mol. The van der Waals surface area contributed by atoms with Crippen molar-refractivity contribution >= 4 is 12.0 Å². The summed E-state index contributed by atoms with van der Waals surface area (Å²) in [4.78, 5) is 22.7. The van der Waals surface area contributed by atoms with Gasteiger partial charge in [0.05, 0.1) is 6.04 Å². The normalized spacial score (nSPS) is 21.1. The zero-order valence-corrected chi connectivity index (χ0v) is 10.3. The smallest absolute Gasteiger partial charge is 0.315 e. The summed E-state index contributed by atoms with van der Waals surface area (Å²) < 4.78 is 0. The maximum Gasteiger partial charge on any atom is 0.315 e. The highest BCUT2D eigenvalue weighted by Crippen LogP contribution is 2.11. The van der Waals surface area contributed by atoms with E-state index >= 15 is 0 Å². The molecule has 1 aliphatic heterocycles. The summed E-state index contributed by atoms with van der Waals surface area (Å²) in [7, 11) is 0. The summed E-state index contributed by atoms with van der Waals surface area (Å²) in [5, 5.41) is 14.1. The van der Waals surface area contributed by atoms with Crippen molar-refractivity contribution < 1.29 is 14.7 Å². The maximum absolute atomic E-state index is 10.9. The Labute approximate surface area is 105 Å². The van der Waals surface area contributed by atoms with Crippen LogP contribution in [0.2, 0.25) is 0 Å². The molecule has 18 heavy (non-hydrogen) atoms. The predicted molar refractivity (Wildman–Crippen MR) is 65.7 cm³/mol. The summed E-state index contributed by atoms with van der Waals surface area (Å²) in [5.74, 6) is -0.737. The molecular weight excluding hydrogens is 238 g/mol. The Kier molecular flexibility index (Phi) is 8.13. The molecule has 8 heteroatoms. The van der Waals surface area contributed by atoms with E-state index in [1.54, 1.807) is 0 Å². The predicted octanol–water partition coefficient (Wildman–Crippen LogP) is 1.96. The molecule has 1 rings (SSSR count). The van der Waals surface area contributed by atoms with E-state index in [0.29, 0.717) is 0 Å². The van der Waals surface area contributed by atoms with E-state index in [2.05, 4.69) is 10.6 Å². The van der Waals surface area contributed by atoms with Crippen LogP contribution in [0.4, 0.5) is 4.79 Å². The number of amides is 2. The third kappa shape index (κ3) is 7.34. The largest absolute Gasteiger partial charge is 0.481 e. The monoisotopic (exact) mass is 256 g/mol. The molecule has 1 fully saturated rings. The van der Waals surface area contributed by atoms with Crippen molar-refractivity contribution in [3.63, 3.8) is 0 Å². The summed E-state index contributed by atoms with van der Waals surface area (Å²) in [6.07, 6.45) is 3.75. The zero-order chi connectivity index (χ0) is 14.0. The second-order valence-corrected chi connectivity index (χ2v) is 4.10. The first-order chi connectivity index (χ1) is 8.51. The molecule has 1 heterocycles. The Morgan fingerprint density at radius 3 is 2.39 bits per heavy atom. The lowest BCUT2D eigenvalue weighted by molar-refractivity contribution is -0.137. The molecule has 1 saturated heterocycles. The van der Waals surface area contributed by atoms with Crippen LogP contribution in [0.5, 0.6) is 0 Å². The Hall–Kier alpha value is -1.95. The lowest BCUT2D eigenvalue weighted by Crippen LogP contribution is -2.30. The molecular formula is C10H18N5O3-. The minimum atomic E-state index is -0.737. The van der Waals surface area contributed by atoms with Crippen LogP contribution >= 0.6 is 0 Å². The average Bonchev–Trinajstić information content (AvgIpc) is 2.58. The topological polar surface area (TPSA) is 137 Å². The van der Waals surface area contributed by atoms with Gasteiger partial charge in [-0.25, -0.2) is 4.79 Å². The molecule has 1 aliphatic rings. The van der Waals surface area contributed by atoms with Crippen LogP contribution in [0.1, 0.15) is 39.0 Å². The van der Waals surface area contributed by atoms with Gasteiger partial charge in [0.25, 0.3) is 0 Å². The molecule has 0 aromatic heterocycles. The molecule has 0 unspecified atom stereocenters. The van der Waals surface area contributed by atoms with Gasteiger partial charge < -0.3 is 26.8 Å². The molecule has 0 bridgehead atoms. The fourth-order valence-electron chi connectivity index (χ4n) is 1.78. The van der Waals surface area contributed by atoms with Crippen LogP contribution in [0.15, 0.2) is 0 Å². The molecule has 2 amide bonds. The van der Waals surface area contributed by atoms with Crippen LogP contribution < -0.4 is 10.6 Å². The highest BCUT2D eigenvalue weighted by atomic mass is 16.4. The molecule has 2 atom stereocenters. The van der Waals surface area contributed by atoms with E-state index in [0.717, 1.165) is 25.7 Å². The first-order valence-corrected chi connectivity index (χ1v) is 5.78. The number of hydrogen-bond acceptors (Lipinski definition) is 2. The zero-order valence-electron chi connectivity index (χ0n) is 10.3. The van der Waals surface area contributed by atoms with Crippen molar-refractivity contribution in [3.05, 3.63) is 16.0 Å². The first kappa shape index (κ1) is 16.1. The number of carboxylic acids is 1. The van der Waals surface area contributed by atoms with E-state index in [1.165, 1.54) is 4.91 Å². The van der Waals surface area contributed by atoms with Gasteiger partial charge in [-0.15, -0.1) is 0 Å². The number of carbonyl (C=O) groups is 2. The van der Waals surface area contributed by atoms with Gasteiger partial charge >= 0.3 is 12.0 Å². The molecule has 3 N–H and O–H groups in total. The van der Waals surface area contributed by atoms with Crippen molar-refractivity contribution in [2.75, 3.05) is 0 Å². The third-order valence-corrected chi connectivity index (χ3v) is 2.68. The fourth-order valence-corrected chi connectivity index (χ4v) is 1.78. The van der Waals surface area contributed by atoms with Gasteiger partial charge in [-0.05, 0) is 19.8 Å². The Morgan fingerprint density at radius 1 is 1.33 bits per heavy atom. The van der Waals surface area contributed by atoms with Crippen LogP contribution in [-0.2, 0) is 4.79 Å². The standard InChI is InChI=1S/C10H18N2O3.N3/c1-7-8(12-10(15)11-7)5-3-2-4-6-9(13)14;1-3-2/h7-8H,2-6H2,1H3,(H,13,14)(H2,11,12,15);/q;-1/t7-,8+;/m0./s1. The number of hydrogen-bond donors (Lipinski definition) is 3. The van der Waals surface area contributed by atoms with Gasteiger partial charge in [0.15, 0.2) is 0 Å². The number of carboxylic acid groups (broad SMARTS) is 1. The second kappa shape index (κ2) is 9.12. The van der Waals surface area contributed by atoms with Crippen molar-refractivity contribution in [2.45, 2.75) is 51.1 Å². The highest BCUT2D eigenvalue weighted by Gasteiger charge is 2.26. The van der Waals surface area contributed by atoms with E-state index < -0.39 is 5.97 Å². The highest BCUT2D eigenvalue weighted by molar-refractivity contribution is 5.77. The van der Waals surface area contributed by atoms with Gasteiger partial charge in [-0.2, -0.15) is 0 Å². The van der Waals surface area contributed by atoms with Gasteiger partial charge in [0.2, 0.25) is 0 Å². The van der Waals surface area contributed by atoms with E-state index in [4.69, 9.17) is 16.2 Å². The van der Waals surface area contributed by atoms with E-state index in [-0.39, 0.29) is 24.5 Å². The van der Waals surface area contributed by atoms with Crippen LogP contribution in [0.3, 0.4) is 0 Å². The van der Waals surface area contributed by atoms with Crippen molar-refractivity contribution in [3.8, 4) is 0 Å². The number of carbonyl (C=O) groups excluding carboxylic acids is 1. The summed E-state index contributed by atoms with van der Waals surface area (Å²) >= 11 is 0. The van der Waals surface area contributed by atoms with E-state index in [9.17, 15) is 9.59 Å². The summed E-state index contributed by atoms with van der Waals surface area (Å²) in [6, 6.07) is 0.275. The van der Waals surface area contributed by atoms with Crippen molar-refractivity contribution in [2.24, 2.45) is 0 Å². The molecule has 0 aliphatic carbocycles. The van der Waals surface area contributed by atoms with Crippen molar-refractivity contribution in [1.82, 2.24) is 10.6 Å². The number of unbranched alkanes of at least 4 members (excludes halogenated alkanes) is 2. The lowest BCUT2D eigenvalue weighted by Gasteiger charge is -2.13. The SMILES string of the molecule is C[C@@H]1NC(=O)N[C@@H]1CCCCCC(=O)O.[N-]=[N+]=[N-]. The number of urea groups is 1.